The number of ether oxygens (including phenoxy) is 3. The molecule has 0 spiro atoms. The van der Waals surface area contributed by atoms with Crippen LogP contribution in [0.4, 0.5) is 0 Å². The van der Waals surface area contributed by atoms with E-state index >= 15 is 0 Å². The molecule has 2 rings (SSSR count). The van der Waals surface area contributed by atoms with E-state index in [9.17, 15) is 0 Å². The maximum absolute atomic E-state index is 5.39. The average Bonchev–Trinajstić information content (AvgIpc) is 2.84. The lowest BCUT2D eigenvalue weighted by molar-refractivity contribution is 0.323. The van der Waals surface area contributed by atoms with E-state index in [0.717, 1.165) is 12.1 Å². The summed E-state index contributed by atoms with van der Waals surface area (Å²) in [6, 6.07) is 4.51. The molecule has 0 bridgehead atoms. The molecule has 1 aliphatic carbocycles. The van der Waals surface area contributed by atoms with Crippen molar-refractivity contribution in [2.24, 2.45) is 10.8 Å². The molecule has 0 saturated heterocycles. The van der Waals surface area contributed by atoms with Crippen molar-refractivity contribution < 1.29 is 14.2 Å². The topological polar surface area (TPSA) is 39.7 Å². The van der Waals surface area contributed by atoms with Crippen LogP contribution in [0.2, 0.25) is 0 Å². The highest BCUT2D eigenvalue weighted by molar-refractivity contribution is 5.53. The fourth-order valence-electron chi connectivity index (χ4n) is 3.16. The van der Waals surface area contributed by atoms with E-state index < -0.39 is 0 Å². The Kier molecular flexibility index (Phi) is 4.11. The lowest BCUT2D eigenvalue weighted by atomic mass is 10.0. The number of rotatable bonds is 6. The maximum Gasteiger partial charge on any atom is 0.203 e. The molecular formula is C17H27NO3. The summed E-state index contributed by atoms with van der Waals surface area (Å²) >= 11 is 0. The number of hydrogen-bond acceptors (Lipinski definition) is 4. The minimum atomic E-state index is 0.327. The Morgan fingerprint density at radius 2 is 1.38 bits per heavy atom. The Labute approximate surface area is 127 Å². The fourth-order valence-corrected chi connectivity index (χ4v) is 3.16. The van der Waals surface area contributed by atoms with Crippen LogP contribution in [0.1, 0.15) is 33.3 Å². The highest BCUT2D eigenvalue weighted by Crippen LogP contribution is 2.62. The van der Waals surface area contributed by atoms with Crippen LogP contribution in [0, 0.1) is 10.8 Å². The van der Waals surface area contributed by atoms with Crippen molar-refractivity contribution in [1.29, 1.82) is 0 Å². The number of hydrogen-bond donors (Lipinski definition) is 1. The summed E-state index contributed by atoms with van der Waals surface area (Å²) in [6.07, 6.45) is 0. The molecule has 0 heterocycles. The highest BCUT2D eigenvalue weighted by atomic mass is 16.5. The van der Waals surface area contributed by atoms with Gasteiger partial charge in [0.25, 0.3) is 0 Å². The van der Waals surface area contributed by atoms with Gasteiger partial charge in [-0.25, -0.2) is 0 Å². The predicted octanol–water partition coefficient (Wildman–Crippen LogP) is 3.24. The van der Waals surface area contributed by atoms with E-state index in [1.165, 1.54) is 0 Å². The zero-order valence-electron chi connectivity index (χ0n) is 14.2. The Balaban J connectivity index is 2.15. The smallest absolute Gasteiger partial charge is 0.203 e. The molecule has 118 valence electrons. The van der Waals surface area contributed by atoms with Crippen LogP contribution >= 0.6 is 0 Å². The van der Waals surface area contributed by atoms with Gasteiger partial charge >= 0.3 is 0 Å². The summed E-state index contributed by atoms with van der Waals surface area (Å²) < 4.78 is 16.1. The van der Waals surface area contributed by atoms with Crippen LogP contribution in [0.25, 0.3) is 0 Å². The van der Waals surface area contributed by atoms with Crippen LogP contribution < -0.4 is 19.5 Å². The molecule has 0 radical (unpaired) electrons. The number of nitrogens with one attached hydrogen (secondary N) is 1. The molecule has 1 aromatic rings. The van der Waals surface area contributed by atoms with E-state index in [0.29, 0.717) is 34.1 Å². The average molecular weight is 293 g/mol. The summed E-state index contributed by atoms with van der Waals surface area (Å²) in [7, 11) is 4.90. The van der Waals surface area contributed by atoms with E-state index in [1.54, 1.807) is 21.3 Å². The number of methoxy groups -OCH3 is 3. The first-order valence-electron chi connectivity index (χ1n) is 7.31. The van der Waals surface area contributed by atoms with Crippen molar-refractivity contribution in [1.82, 2.24) is 5.32 Å². The van der Waals surface area contributed by atoms with Crippen molar-refractivity contribution in [3.8, 4) is 17.2 Å². The molecule has 1 saturated carbocycles. The third-order valence-electron chi connectivity index (χ3n) is 5.26. The molecule has 1 fully saturated rings. The molecule has 21 heavy (non-hydrogen) atoms. The fraction of sp³-hybridized carbons (Fsp3) is 0.647. The van der Waals surface area contributed by atoms with E-state index in [1.807, 2.05) is 12.1 Å². The third kappa shape index (κ3) is 2.57. The van der Waals surface area contributed by atoms with Crippen molar-refractivity contribution in [3.05, 3.63) is 17.7 Å². The zero-order chi connectivity index (χ0) is 15.8. The third-order valence-corrected chi connectivity index (χ3v) is 5.26. The highest BCUT2D eigenvalue weighted by Gasteiger charge is 2.64. The molecule has 0 amide bonds. The minimum absolute atomic E-state index is 0.327. The lowest BCUT2D eigenvalue weighted by Crippen LogP contribution is -2.21. The molecule has 4 nitrogen and oxygen atoms in total. The Morgan fingerprint density at radius 1 is 0.905 bits per heavy atom. The molecule has 1 aliphatic rings. The Morgan fingerprint density at radius 3 is 1.71 bits per heavy atom. The monoisotopic (exact) mass is 293 g/mol. The van der Waals surface area contributed by atoms with Gasteiger partial charge in [0.15, 0.2) is 11.5 Å². The maximum atomic E-state index is 5.39. The Hall–Kier alpha value is -1.42. The van der Waals surface area contributed by atoms with Crippen molar-refractivity contribution in [2.45, 2.75) is 40.3 Å². The van der Waals surface area contributed by atoms with Crippen molar-refractivity contribution in [3.63, 3.8) is 0 Å². The van der Waals surface area contributed by atoms with Gasteiger partial charge in [-0.1, -0.05) is 27.7 Å². The van der Waals surface area contributed by atoms with Crippen LogP contribution in [-0.2, 0) is 6.54 Å². The SMILES string of the molecule is COc1cc(CNC2C(C)(C)C2(C)C)cc(OC)c1OC. The van der Waals surface area contributed by atoms with E-state index in [2.05, 4.69) is 33.0 Å². The molecule has 1 aromatic carbocycles. The molecule has 0 aliphatic heterocycles. The second kappa shape index (κ2) is 5.41. The standard InChI is InChI=1S/C17H27NO3/c1-16(2)15(17(16,3)4)18-10-11-8-12(19-5)14(21-7)13(9-11)20-6/h8-9,15,18H,10H2,1-7H3. The van der Waals surface area contributed by atoms with Crippen LogP contribution in [0.5, 0.6) is 17.2 Å². The second-order valence-electron chi connectivity index (χ2n) is 6.79. The summed E-state index contributed by atoms with van der Waals surface area (Å²) in [5, 5.41) is 3.64. The van der Waals surface area contributed by atoms with Gasteiger partial charge in [0, 0.05) is 12.6 Å². The normalized spacial score (nSPS) is 19.2. The predicted molar refractivity (Wildman–Crippen MR) is 84.3 cm³/mol. The molecular weight excluding hydrogens is 266 g/mol. The summed E-state index contributed by atoms with van der Waals surface area (Å²) in [4.78, 5) is 0. The van der Waals surface area contributed by atoms with Gasteiger partial charge < -0.3 is 19.5 Å². The molecule has 0 atom stereocenters. The van der Waals surface area contributed by atoms with E-state index in [-0.39, 0.29) is 0 Å². The number of benzene rings is 1. The molecule has 0 unspecified atom stereocenters. The first-order valence-corrected chi connectivity index (χ1v) is 7.31. The van der Waals surface area contributed by atoms with Crippen LogP contribution in [0.3, 0.4) is 0 Å². The first-order chi connectivity index (χ1) is 9.79. The summed E-state index contributed by atoms with van der Waals surface area (Å²) in [6.45, 7) is 10.0. The van der Waals surface area contributed by atoms with Gasteiger partial charge in [-0.05, 0) is 28.5 Å². The van der Waals surface area contributed by atoms with Crippen LogP contribution in [-0.4, -0.2) is 27.4 Å². The summed E-state index contributed by atoms with van der Waals surface area (Å²) in [5.41, 5.74) is 1.78. The summed E-state index contributed by atoms with van der Waals surface area (Å²) in [5.74, 6) is 2.03. The molecule has 0 aromatic heterocycles. The zero-order valence-corrected chi connectivity index (χ0v) is 14.2. The minimum Gasteiger partial charge on any atom is -0.493 e. The van der Waals surface area contributed by atoms with Crippen molar-refractivity contribution in [2.75, 3.05) is 21.3 Å². The Bertz CT molecular complexity index is 484. The second-order valence-corrected chi connectivity index (χ2v) is 6.79. The lowest BCUT2D eigenvalue weighted by Gasteiger charge is -2.15. The van der Waals surface area contributed by atoms with Gasteiger partial charge in [-0.3, -0.25) is 0 Å². The van der Waals surface area contributed by atoms with Gasteiger partial charge in [0.05, 0.1) is 21.3 Å². The van der Waals surface area contributed by atoms with E-state index in [4.69, 9.17) is 14.2 Å². The molecule has 1 N–H and O–H groups in total. The van der Waals surface area contributed by atoms with Gasteiger partial charge in [0.1, 0.15) is 0 Å². The first kappa shape index (κ1) is 16.0. The van der Waals surface area contributed by atoms with Gasteiger partial charge in [-0.15, -0.1) is 0 Å². The van der Waals surface area contributed by atoms with Gasteiger partial charge in [0.2, 0.25) is 5.75 Å². The quantitative estimate of drug-likeness (QED) is 0.874. The van der Waals surface area contributed by atoms with Crippen LogP contribution in [0.15, 0.2) is 12.1 Å². The largest absolute Gasteiger partial charge is 0.493 e. The molecule has 4 heteroatoms. The van der Waals surface area contributed by atoms with Gasteiger partial charge in [-0.2, -0.15) is 0 Å². The van der Waals surface area contributed by atoms with Crippen molar-refractivity contribution >= 4 is 0 Å².